The fraction of sp³-hybridized carbons (Fsp3) is 0.727. The molecule has 1 aromatic rings. The lowest BCUT2D eigenvalue weighted by atomic mass is 10.1. The zero-order valence-electron chi connectivity index (χ0n) is 28.1. The molecule has 1 aromatic carbocycles. The van der Waals surface area contributed by atoms with Crippen molar-refractivity contribution < 1.29 is 14.4 Å². The highest BCUT2D eigenvalue weighted by Crippen LogP contribution is 2.33. The van der Waals surface area contributed by atoms with Crippen molar-refractivity contribution in [3.8, 4) is 0 Å². The van der Waals surface area contributed by atoms with E-state index in [1.807, 2.05) is 26.0 Å². The van der Waals surface area contributed by atoms with Gasteiger partial charge in [-0.25, -0.2) is 0 Å². The Balaban J connectivity index is 1.77. The maximum atomic E-state index is 13.2. The van der Waals surface area contributed by atoms with Gasteiger partial charge in [0.05, 0.1) is 0 Å². The number of nitrogens with one attached hydrogen (secondary N) is 3. The molecule has 0 aliphatic carbocycles. The Hall–Kier alpha value is -2.34. The van der Waals surface area contributed by atoms with Gasteiger partial charge in [0.25, 0.3) is 0 Å². The van der Waals surface area contributed by atoms with Crippen LogP contribution in [-0.4, -0.2) is 114 Å². The number of carbonyl (C=O) groups excluding carboxylic acids is 3. The first-order valence-electron chi connectivity index (χ1n) is 16.7. The topological polar surface area (TPSA) is 123 Å². The molecule has 2 unspecified atom stereocenters. The molecule has 1 aliphatic rings. The van der Waals surface area contributed by atoms with Crippen LogP contribution in [0.2, 0.25) is 0 Å². The van der Waals surface area contributed by atoms with Gasteiger partial charge in [0.15, 0.2) is 0 Å². The summed E-state index contributed by atoms with van der Waals surface area (Å²) in [7, 11) is 0. The number of aryl methyl sites for hydroxylation is 1. The minimum absolute atomic E-state index is 0.0116. The maximum absolute atomic E-state index is 13.2. The molecule has 5 N–H and O–H groups in total. The number of benzene rings is 1. The highest BCUT2D eigenvalue weighted by molar-refractivity contribution is 8.01. The van der Waals surface area contributed by atoms with Crippen LogP contribution in [0.5, 0.6) is 0 Å². The average molecular weight is 634 g/mol. The molecule has 3 amide bonds. The molecule has 11 heteroatoms. The van der Waals surface area contributed by atoms with Crippen LogP contribution in [0.1, 0.15) is 72.8 Å². The molecule has 1 aliphatic heterocycles. The second-order valence-electron chi connectivity index (χ2n) is 11.6. The maximum Gasteiger partial charge on any atom is 0.240 e. The summed E-state index contributed by atoms with van der Waals surface area (Å²) in [5, 5.41) is 8.76. The number of nitrogens with two attached hydrogens (primary N) is 1. The smallest absolute Gasteiger partial charge is 0.240 e. The quantitative estimate of drug-likeness (QED) is 0.154. The molecule has 0 saturated carbocycles. The summed E-state index contributed by atoms with van der Waals surface area (Å²) in [5.74, 6) is -0.0888. The van der Waals surface area contributed by atoms with Crippen LogP contribution in [0.4, 0.5) is 5.69 Å². The van der Waals surface area contributed by atoms with E-state index in [0.29, 0.717) is 26.1 Å². The van der Waals surface area contributed by atoms with Crippen molar-refractivity contribution in [2.24, 2.45) is 5.73 Å². The van der Waals surface area contributed by atoms with E-state index in [1.165, 1.54) is 17.3 Å². The Morgan fingerprint density at radius 2 is 1.61 bits per heavy atom. The van der Waals surface area contributed by atoms with Crippen molar-refractivity contribution in [3.05, 3.63) is 29.8 Å². The molecule has 2 rings (SSSR count). The molecule has 0 bridgehead atoms. The molecule has 1 heterocycles. The van der Waals surface area contributed by atoms with Crippen molar-refractivity contribution in [1.82, 2.24) is 25.3 Å². The minimum atomic E-state index is -0.789. The fourth-order valence-electron chi connectivity index (χ4n) is 5.50. The Bertz CT molecular complexity index is 988. The van der Waals surface area contributed by atoms with Crippen LogP contribution in [-0.2, 0) is 20.8 Å². The first-order chi connectivity index (χ1) is 21.2. The molecule has 0 spiro atoms. The fourth-order valence-corrected chi connectivity index (χ4v) is 6.96. The first-order valence-corrected chi connectivity index (χ1v) is 17.7. The monoisotopic (exact) mass is 633 g/mol. The van der Waals surface area contributed by atoms with E-state index < -0.39 is 6.04 Å². The summed E-state index contributed by atoms with van der Waals surface area (Å²) in [6.45, 7) is 20.1. The lowest BCUT2D eigenvalue weighted by molar-refractivity contribution is -0.131. The lowest BCUT2D eigenvalue weighted by Gasteiger charge is -2.28. The Labute approximate surface area is 270 Å². The number of likely N-dealkylation sites (N-methyl/N-ethyl adjacent to an activating group) is 2. The van der Waals surface area contributed by atoms with Gasteiger partial charge < -0.3 is 36.4 Å². The van der Waals surface area contributed by atoms with Gasteiger partial charge in [-0.2, -0.15) is 0 Å². The van der Waals surface area contributed by atoms with Crippen LogP contribution < -0.4 is 21.7 Å². The normalized spacial score (nSPS) is 18.1. The molecule has 0 radical (unpaired) electrons. The third kappa shape index (κ3) is 12.6. The van der Waals surface area contributed by atoms with Gasteiger partial charge in [0.1, 0.15) is 16.7 Å². The first kappa shape index (κ1) is 37.8. The van der Waals surface area contributed by atoms with Gasteiger partial charge in [-0.05, 0) is 90.0 Å². The molecule has 1 saturated heterocycles. The minimum Gasteiger partial charge on any atom is -0.383 e. The van der Waals surface area contributed by atoms with E-state index >= 15 is 0 Å². The molecule has 44 heavy (non-hydrogen) atoms. The SMILES string of the molecule is CCN(CC)CCCC(C)NC(=O)[C@@H](N)C1S[C@H](CNc2ccc(CCCC(=O)NCCN(CC)CC)cc2)C(=O)N1CC. The van der Waals surface area contributed by atoms with Gasteiger partial charge >= 0.3 is 0 Å². The van der Waals surface area contributed by atoms with Gasteiger partial charge in [0, 0.05) is 44.3 Å². The number of hydrogen-bond donors (Lipinski definition) is 4. The zero-order chi connectivity index (χ0) is 32.5. The van der Waals surface area contributed by atoms with Gasteiger partial charge in [-0.3, -0.25) is 14.4 Å². The number of carbonyl (C=O) groups is 3. The van der Waals surface area contributed by atoms with Crippen LogP contribution in [0.3, 0.4) is 0 Å². The van der Waals surface area contributed by atoms with E-state index in [2.05, 4.69) is 65.6 Å². The van der Waals surface area contributed by atoms with Crippen molar-refractivity contribution in [3.63, 3.8) is 0 Å². The Morgan fingerprint density at radius 1 is 0.977 bits per heavy atom. The second-order valence-corrected chi connectivity index (χ2v) is 12.9. The Kier molecular flexibility index (Phi) is 17.8. The Morgan fingerprint density at radius 3 is 2.23 bits per heavy atom. The number of nitrogens with zero attached hydrogens (tertiary/aromatic N) is 3. The number of anilines is 1. The number of hydrogen-bond acceptors (Lipinski definition) is 8. The third-order valence-corrected chi connectivity index (χ3v) is 10.00. The molecule has 1 fully saturated rings. The van der Waals surface area contributed by atoms with Gasteiger partial charge in [0.2, 0.25) is 17.7 Å². The molecule has 4 atom stereocenters. The van der Waals surface area contributed by atoms with Crippen LogP contribution in [0.25, 0.3) is 0 Å². The zero-order valence-corrected chi connectivity index (χ0v) is 28.9. The second kappa shape index (κ2) is 20.6. The summed E-state index contributed by atoms with van der Waals surface area (Å²) in [5.41, 5.74) is 8.54. The molecule has 0 aromatic heterocycles. The molecule has 250 valence electrons. The summed E-state index contributed by atoms with van der Waals surface area (Å²) in [6, 6.07) is 7.40. The van der Waals surface area contributed by atoms with Crippen LogP contribution in [0.15, 0.2) is 24.3 Å². The standard InChI is InChI=1S/C33H59N7O3S/c1-7-38(8-2)22-13-14-25(6)37-31(42)30(34)33-40(11-5)32(43)28(44-33)24-36-27-19-17-26(18-20-27)15-12-16-29(41)35-21-23-39(9-3)10-4/h17-20,25,28,30,33,36H,7-16,21-24,34H2,1-6H3,(H,35,41)(H,37,42)/t25?,28-,30-,33?/m1/s1. The highest BCUT2D eigenvalue weighted by atomic mass is 32.2. The van der Waals surface area contributed by atoms with Crippen molar-refractivity contribution in [2.45, 2.75) is 96.4 Å². The van der Waals surface area contributed by atoms with Crippen molar-refractivity contribution in [1.29, 1.82) is 0 Å². The summed E-state index contributed by atoms with van der Waals surface area (Å²) in [4.78, 5) is 44.7. The summed E-state index contributed by atoms with van der Waals surface area (Å²) >= 11 is 1.47. The number of amides is 3. The van der Waals surface area contributed by atoms with E-state index in [-0.39, 0.29) is 34.4 Å². The average Bonchev–Trinajstić information content (AvgIpc) is 3.35. The van der Waals surface area contributed by atoms with Gasteiger partial charge in [-0.1, -0.05) is 39.8 Å². The van der Waals surface area contributed by atoms with Crippen molar-refractivity contribution >= 4 is 35.2 Å². The molecular weight excluding hydrogens is 574 g/mol. The lowest BCUT2D eigenvalue weighted by Crippen LogP contribution is -2.54. The highest BCUT2D eigenvalue weighted by Gasteiger charge is 2.44. The summed E-state index contributed by atoms with van der Waals surface area (Å²) < 4.78 is 0. The van der Waals surface area contributed by atoms with Crippen LogP contribution in [0, 0.1) is 0 Å². The van der Waals surface area contributed by atoms with E-state index in [9.17, 15) is 14.4 Å². The number of rotatable bonds is 22. The van der Waals surface area contributed by atoms with Gasteiger partial charge in [-0.15, -0.1) is 11.8 Å². The predicted octanol–water partition coefficient (Wildman–Crippen LogP) is 3.12. The summed E-state index contributed by atoms with van der Waals surface area (Å²) in [6.07, 6.45) is 4.06. The predicted molar refractivity (Wildman–Crippen MR) is 184 cm³/mol. The number of thioether (sulfide) groups is 1. The van der Waals surface area contributed by atoms with Crippen molar-refractivity contribution in [2.75, 3.05) is 64.2 Å². The molecule has 10 nitrogen and oxygen atoms in total. The third-order valence-electron chi connectivity index (χ3n) is 8.47. The largest absolute Gasteiger partial charge is 0.383 e. The van der Waals surface area contributed by atoms with Crippen LogP contribution >= 0.6 is 11.8 Å². The van der Waals surface area contributed by atoms with E-state index in [1.54, 1.807) is 4.90 Å². The molecular formula is C33H59N7O3S. The van der Waals surface area contributed by atoms with E-state index in [0.717, 1.165) is 70.6 Å². The van der Waals surface area contributed by atoms with E-state index in [4.69, 9.17) is 5.73 Å².